The van der Waals surface area contributed by atoms with Crippen molar-refractivity contribution in [3.8, 4) is 23.3 Å². The lowest BCUT2D eigenvalue weighted by molar-refractivity contribution is -0.286. The number of carbonyl (C=O) groups excluding carboxylic acids is 2. The fraction of sp³-hybridized carbons (Fsp3) is 0.321. The molecule has 1 saturated carbocycles. The molecule has 9 nitrogen and oxygen atoms in total. The van der Waals surface area contributed by atoms with Crippen LogP contribution in [-0.2, 0) is 14.9 Å². The molecule has 0 spiro atoms. The van der Waals surface area contributed by atoms with Crippen LogP contribution in [0.5, 0.6) is 23.3 Å². The summed E-state index contributed by atoms with van der Waals surface area (Å²) in [5, 5.41) is 3.13. The Hall–Kier alpha value is -4.41. The minimum atomic E-state index is -3.74. The molecule has 1 N–H and O–H groups in total. The molecule has 0 unspecified atom stereocenters. The Morgan fingerprint density at radius 1 is 1.03 bits per heavy atom. The molecule has 2 aliphatic heterocycles. The number of fused-ring (bicyclic) bond motifs is 2. The average molecular weight is 539 g/mol. The fourth-order valence-corrected chi connectivity index (χ4v) is 5.07. The van der Waals surface area contributed by atoms with Crippen LogP contribution in [0.4, 0.5) is 8.78 Å². The molecule has 0 bridgehead atoms. The molecule has 11 heteroatoms. The molecule has 39 heavy (non-hydrogen) atoms. The van der Waals surface area contributed by atoms with Gasteiger partial charge < -0.3 is 29.0 Å². The highest BCUT2D eigenvalue weighted by Crippen LogP contribution is 2.52. The monoisotopic (exact) mass is 538 g/mol. The average Bonchev–Trinajstić information content (AvgIpc) is 3.69. The number of carbonyl (C=O) groups is 2. The molecular formula is C28H24F2N2O7. The van der Waals surface area contributed by atoms with E-state index in [4.69, 9.17) is 14.2 Å². The Bertz CT molecular complexity index is 1470. The van der Waals surface area contributed by atoms with E-state index in [1.165, 1.54) is 26.4 Å². The topological polar surface area (TPSA) is 105 Å². The van der Waals surface area contributed by atoms with Crippen LogP contribution in [0.25, 0.3) is 0 Å². The van der Waals surface area contributed by atoms with Crippen molar-refractivity contribution in [1.82, 2.24) is 10.3 Å². The Morgan fingerprint density at radius 3 is 2.56 bits per heavy atom. The third-order valence-corrected chi connectivity index (χ3v) is 7.28. The smallest absolute Gasteiger partial charge is 0.481 e. The molecule has 1 aromatic heterocycles. The van der Waals surface area contributed by atoms with Crippen LogP contribution in [0, 0.1) is 0 Å². The lowest BCUT2D eigenvalue weighted by Crippen LogP contribution is -2.39. The van der Waals surface area contributed by atoms with E-state index in [-0.39, 0.29) is 17.4 Å². The van der Waals surface area contributed by atoms with Crippen molar-refractivity contribution < 1.29 is 42.1 Å². The van der Waals surface area contributed by atoms with Crippen LogP contribution in [0.1, 0.15) is 58.5 Å². The molecule has 1 amide bonds. The number of nitrogens with one attached hydrogen (secondary N) is 1. The molecule has 202 valence electrons. The summed E-state index contributed by atoms with van der Waals surface area (Å²) in [6, 6.07) is 14.3. The molecule has 3 aliphatic rings. The van der Waals surface area contributed by atoms with Crippen LogP contribution in [0.15, 0.2) is 54.6 Å². The van der Waals surface area contributed by atoms with Crippen molar-refractivity contribution in [2.24, 2.45) is 0 Å². The number of alkyl halides is 2. The number of amides is 1. The number of pyridine rings is 1. The van der Waals surface area contributed by atoms with Gasteiger partial charge in [-0.2, -0.15) is 4.98 Å². The Kier molecular flexibility index (Phi) is 5.81. The highest BCUT2D eigenvalue weighted by Gasteiger charge is 2.53. The van der Waals surface area contributed by atoms with Gasteiger partial charge in [0, 0.05) is 18.1 Å². The van der Waals surface area contributed by atoms with Gasteiger partial charge in [-0.3, -0.25) is 4.79 Å². The number of methoxy groups -OCH3 is 2. The second kappa shape index (κ2) is 9.11. The molecule has 1 aliphatic carbocycles. The van der Waals surface area contributed by atoms with Gasteiger partial charge in [0.05, 0.1) is 31.2 Å². The Balaban J connectivity index is 1.29. The summed E-state index contributed by atoms with van der Waals surface area (Å²) in [5.74, 6) is -0.253. The van der Waals surface area contributed by atoms with E-state index in [9.17, 15) is 18.4 Å². The van der Waals surface area contributed by atoms with Gasteiger partial charge >= 0.3 is 12.3 Å². The van der Waals surface area contributed by atoms with Crippen molar-refractivity contribution in [3.63, 3.8) is 0 Å². The number of ether oxygens (including phenoxy) is 5. The maximum atomic E-state index is 13.7. The van der Waals surface area contributed by atoms with Crippen molar-refractivity contribution in [2.75, 3.05) is 14.2 Å². The van der Waals surface area contributed by atoms with Crippen LogP contribution in [0.3, 0.4) is 0 Å². The number of benzene rings is 2. The van der Waals surface area contributed by atoms with E-state index in [1.54, 1.807) is 36.4 Å². The molecule has 0 radical (unpaired) electrons. The zero-order valence-corrected chi connectivity index (χ0v) is 21.0. The maximum Gasteiger partial charge on any atom is 0.586 e. The normalized spacial score (nSPS) is 21.2. The van der Waals surface area contributed by atoms with E-state index < -0.39 is 29.8 Å². The predicted molar refractivity (Wildman–Crippen MR) is 131 cm³/mol. The van der Waals surface area contributed by atoms with E-state index in [0.717, 1.165) is 0 Å². The van der Waals surface area contributed by atoms with E-state index in [1.807, 2.05) is 6.07 Å². The van der Waals surface area contributed by atoms with Crippen LogP contribution in [-0.4, -0.2) is 37.4 Å². The van der Waals surface area contributed by atoms with Gasteiger partial charge in [0.25, 0.3) is 0 Å². The van der Waals surface area contributed by atoms with Crippen LogP contribution >= 0.6 is 0 Å². The molecule has 3 aromatic rings. The van der Waals surface area contributed by atoms with Crippen LogP contribution < -0.4 is 24.3 Å². The first-order valence-electron chi connectivity index (χ1n) is 12.3. The van der Waals surface area contributed by atoms with Crippen molar-refractivity contribution in [1.29, 1.82) is 0 Å². The number of rotatable bonds is 6. The van der Waals surface area contributed by atoms with Gasteiger partial charge in [0.2, 0.25) is 17.7 Å². The molecule has 2 aromatic carbocycles. The second-order valence-corrected chi connectivity index (χ2v) is 9.64. The molecule has 2 atom stereocenters. The molecule has 6 rings (SSSR count). The summed E-state index contributed by atoms with van der Waals surface area (Å²) in [7, 11) is 2.80. The molecular weight excluding hydrogens is 514 g/mol. The van der Waals surface area contributed by atoms with E-state index in [0.29, 0.717) is 53.3 Å². The van der Waals surface area contributed by atoms with Gasteiger partial charge in [-0.1, -0.05) is 18.2 Å². The zero-order valence-electron chi connectivity index (χ0n) is 21.0. The number of nitrogens with zero attached hydrogens (tertiary/aromatic N) is 1. The van der Waals surface area contributed by atoms with Crippen molar-refractivity contribution in [3.05, 3.63) is 76.9 Å². The largest absolute Gasteiger partial charge is 0.586 e. The summed E-state index contributed by atoms with van der Waals surface area (Å²) in [4.78, 5) is 30.2. The van der Waals surface area contributed by atoms with E-state index >= 15 is 0 Å². The second-order valence-electron chi connectivity index (χ2n) is 9.64. The third kappa shape index (κ3) is 4.47. The Morgan fingerprint density at radius 2 is 1.82 bits per heavy atom. The number of halogens is 2. The maximum absolute atomic E-state index is 13.7. The number of esters is 1. The first-order valence-corrected chi connectivity index (χ1v) is 12.3. The van der Waals surface area contributed by atoms with Crippen molar-refractivity contribution >= 4 is 11.9 Å². The number of aromatic nitrogens is 1. The molecule has 0 saturated heterocycles. The zero-order chi connectivity index (χ0) is 27.4. The lowest BCUT2D eigenvalue weighted by Gasteiger charge is -2.33. The molecule has 1 fully saturated rings. The standard InChI is InChI=1S/C28H24F2N2O7/c1-35-23-9-7-18-19(14-21(37-24(18)32-23)15-4-3-5-16(12-15)25(33)36-2)31-26(34)27(10-11-27)17-6-8-20-22(13-17)39-28(29,30)38-20/h3-9,12-13,19,21H,10-11,14H2,1-2H3,(H,31,34)/t19-,21+/m0/s1. The minimum absolute atomic E-state index is 0.0737. The fourth-order valence-electron chi connectivity index (χ4n) is 5.07. The van der Waals surface area contributed by atoms with Gasteiger partial charge in [0.15, 0.2) is 11.5 Å². The summed E-state index contributed by atoms with van der Waals surface area (Å²) in [6.45, 7) is 0. The summed E-state index contributed by atoms with van der Waals surface area (Å²) in [6.07, 6.45) is -2.80. The number of hydrogen-bond acceptors (Lipinski definition) is 8. The van der Waals surface area contributed by atoms with Crippen LogP contribution in [0.2, 0.25) is 0 Å². The summed E-state index contributed by atoms with van der Waals surface area (Å²) < 4.78 is 52.5. The van der Waals surface area contributed by atoms with Gasteiger partial charge in [-0.25, -0.2) is 4.79 Å². The van der Waals surface area contributed by atoms with Crippen molar-refractivity contribution in [2.45, 2.75) is 43.1 Å². The summed E-state index contributed by atoms with van der Waals surface area (Å²) >= 11 is 0. The van der Waals surface area contributed by atoms with Gasteiger partial charge in [-0.05, 0) is 54.3 Å². The van der Waals surface area contributed by atoms with Gasteiger partial charge in [-0.15, -0.1) is 8.78 Å². The first kappa shape index (κ1) is 24.9. The Labute approximate surface area is 222 Å². The molecule has 3 heterocycles. The van der Waals surface area contributed by atoms with E-state index in [2.05, 4.69) is 19.8 Å². The quantitative estimate of drug-likeness (QED) is 0.454. The minimum Gasteiger partial charge on any atom is -0.481 e. The number of hydrogen-bond donors (Lipinski definition) is 1. The highest BCUT2D eigenvalue weighted by molar-refractivity contribution is 5.92. The SMILES string of the molecule is COC(=O)c1cccc([C@H]2C[C@H](NC(=O)C3(c4ccc5c(c4)OC(F)(F)O5)CC3)c3ccc(OC)nc3O2)c1. The lowest BCUT2D eigenvalue weighted by atomic mass is 9.91. The first-order chi connectivity index (χ1) is 18.7. The van der Waals surface area contributed by atoms with Gasteiger partial charge in [0.1, 0.15) is 6.10 Å². The third-order valence-electron chi connectivity index (χ3n) is 7.28. The summed E-state index contributed by atoms with van der Waals surface area (Å²) in [5.41, 5.74) is 1.45. The predicted octanol–water partition coefficient (Wildman–Crippen LogP) is 4.61. The highest BCUT2D eigenvalue weighted by atomic mass is 19.3.